The Morgan fingerprint density at radius 1 is 1.29 bits per heavy atom. The molecule has 2 N–H and O–H groups in total. The predicted octanol–water partition coefficient (Wildman–Crippen LogP) is 1.60. The number of amides is 1. The van der Waals surface area contributed by atoms with Crippen molar-refractivity contribution in [2.24, 2.45) is 17.8 Å². The Hall–Kier alpha value is -0.710. The van der Waals surface area contributed by atoms with Crippen LogP contribution in [0.2, 0.25) is 0 Å². The number of hydrogen-bond donors (Lipinski definition) is 2. The van der Waals surface area contributed by atoms with Gasteiger partial charge in [-0.05, 0) is 30.3 Å². The Bertz CT molecular complexity index is 277. The Labute approximate surface area is 107 Å². The van der Waals surface area contributed by atoms with Gasteiger partial charge < -0.3 is 10.4 Å². The molecule has 0 radical (unpaired) electrons. The van der Waals surface area contributed by atoms with E-state index in [1.165, 1.54) is 11.5 Å². The highest BCUT2D eigenvalue weighted by Crippen LogP contribution is 2.22. The molecule has 1 heterocycles. The summed E-state index contributed by atoms with van der Waals surface area (Å²) in [5.41, 5.74) is 0. The molecule has 1 rings (SSSR count). The molecule has 0 aromatic heterocycles. The van der Waals surface area contributed by atoms with E-state index in [9.17, 15) is 9.59 Å². The summed E-state index contributed by atoms with van der Waals surface area (Å²) in [6, 6.07) is 0. The zero-order chi connectivity index (χ0) is 12.8. The molecule has 4 nitrogen and oxygen atoms in total. The van der Waals surface area contributed by atoms with E-state index in [0.717, 1.165) is 12.8 Å². The van der Waals surface area contributed by atoms with E-state index in [1.807, 2.05) is 11.8 Å². The Morgan fingerprint density at radius 3 is 2.41 bits per heavy atom. The lowest BCUT2D eigenvalue weighted by Crippen LogP contribution is -2.38. The molecule has 1 aliphatic heterocycles. The van der Waals surface area contributed by atoms with E-state index in [-0.39, 0.29) is 5.91 Å². The largest absolute Gasteiger partial charge is 0.481 e. The lowest BCUT2D eigenvalue weighted by Gasteiger charge is -2.23. The number of rotatable bonds is 5. The topological polar surface area (TPSA) is 66.4 Å². The number of carbonyl (C=O) groups is 2. The van der Waals surface area contributed by atoms with Crippen molar-refractivity contribution >= 4 is 23.6 Å². The summed E-state index contributed by atoms with van der Waals surface area (Å²) in [5, 5.41) is 11.7. The van der Waals surface area contributed by atoms with Crippen molar-refractivity contribution < 1.29 is 14.7 Å². The molecule has 1 saturated heterocycles. The maximum atomic E-state index is 11.8. The van der Waals surface area contributed by atoms with Gasteiger partial charge in [0.2, 0.25) is 5.91 Å². The molecule has 2 unspecified atom stereocenters. The first-order valence-corrected chi connectivity index (χ1v) is 7.26. The van der Waals surface area contributed by atoms with Crippen LogP contribution in [0.4, 0.5) is 0 Å². The third-order valence-electron chi connectivity index (χ3n) is 3.46. The second-order valence-electron chi connectivity index (χ2n) is 4.72. The average Bonchev–Trinajstić information content (AvgIpc) is 2.35. The lowest BCUT2D eigenvalue weighted by atomic mass is 9.95. The Balaban J connectivity index is 2.30. The monoisotopic (exact) mass is 259 g/mol. The minimum atomic E-state index is -0.915. The standard InChI is InChI=1S/C12H21NO3S/c1-8(9(2)12(15)16)11(14)13-7-10-3-5-17-6-4-10/h8-10H,3-7H2,1-2H3,(H,13,14)(H,15,16). The summed E-state index contributed by atoms with van der Waals surface area (Å²) in [5.74, 6) is 0.748. The third kappa shape index (κ3) is 4.58. The number of thioether (sulfide) groups is 1. The van der Waals surface area contributed by atoms with Crippen LogP contribution in [0.5, 0.6) is 0 Å². The summed E-state index contributed by atoms with van der Waals surface area (Å²) in [6.07, 6.45) is 2.29. The van der Waals surface area contributed by atoms with Crippen LogP contribution in [0.3, 0.4) is 0 Å². The van der Waals surface area contributed by atoms with E-state index in [2.05, 4.69) is 5.32 Å². The molecule has 0 aliphatic carbocycles. The molecular formula is C12H21NO3S. The molecule has 0 bridgehead atoms. The molecule has 0 aromatic rings. The maximum absolute atomic E-state index is 11.8. The first-order chi connectivity index (χ1) is 8.02. The maximum Gasteiger partial charge on any atom is 0.307 e. The molecule has 0 spiro atoms. The molecule has 1 fully saturated rings. The van der Waals surface area contributed by atoms with Crippen LogP contribution in [0, 0.1) is 17.8 Å². The van der Waals surface area contributed by atoms with Gasteiger partial charge in [-0.3, -0.25) is 9.59 Å². The van der Waals surface area contributed by atoms with Crippen LogP contribution in [0.25, 0.3) is 0 Å². The number of aliphatic carboxylic acids is 1. The molecule has 98 valence electrons. The number of nitrogens with one attached hydrogen (secondary N) is 1. The van der Waals surface area contributed by atoms with Crippen LogP contribution in [0.15, 0.2) is 0 Å². The molecule has 1 amide bonds. The van der Waals surface area contributed by atoms with Crippen molar-refractivity contribution in [2.45, 2.75) is 26.7 Å². The molecule has 2 atom stereocenters. The number of carboxylic acids is 1. The van der Waals surface area contributed by atoms with Gasteiger partial charge in [-0.2, -0.15) is 11.8 Å². The summed E-state index contributed by atoms with van der Waals surface area (Å²) in [6.45, 7) is 3.94. The lowest BCUT2D eigenvalue weighted by molar-refractivity contribution is -0.146. The fourth-order valence-electron chi connectivity index (χ4n) is 1.80. The molecule has 5 heteroatoms. The number of carbonyl (C=O) groups excluding carboxylic acids is 1. The van der Waals surface area contributed by atoms with Crippen molar-refractivity contribution in [1.82, 2.24) is 5.32 Å². The van der Waals surface area contributed by atoms with Gasteiger partial charge in [-0.1, -0.05) is 13.8 Å². The van der Waals surface area contributed by atoms with Crippen molar-refractivity contribution in [2.75, 3.05) is 18.1 Å². The SMILES string of the molecule is CC(C(=O)O)C(C)C(=O)NCC1CCSCC1. The van der Waals surface area contributed by atoms with Gasteiger partial charge in [0.15, 0.2) is 0 Å². The van der Waals surface area contributed by atoms with E-state index in [1.54, 1.807) is 13.8 Å². The first kappa shape index (κ1) is 14.4. The van der Waals surface area contributed by atoms with Gasteiger partial charge in [0.25, 0.3) is 0 Å². The first-order valence-electron chi connectivity index (χ1n) is 6.10. The minimum absolute atomic E-state index is 0.141. The molecule has 0 aromatic carbocycles. The van der Waals surface area contributed by atoms with Crippen LogP contribution < -0.4 is 5.32 Å². The Kier molecular flexibility index (Phi) is 5.82. The smallest absolute Gasteiger partial charge is 0.307 e. The third-order valence-corrected chi connectivity index (χ3v) is 4.51. The summed E-state index contributed by atoms with van der Waals surface area (Å²) < 4.78 is 0. The highest BCUT2D eigenvalue weighted by Gasteiger charge is 2.26. The minimum Gasteiger partial charge on any atom is -0.481 e. The number of hydrogen-bond acceptors (Lipinski definition) is 3. The van der Waals surface area contributed by atoms with Gasteiger partial charge in [-0.15, -0.1) is 0 Å². The Morgan fingerprint density at radius 2 is 1.88 bits per heavy atom. The molecule has 1 aliphatic rings. The quantitative estimate of drug-likeness (QED) is 0.787. The van der Waals surface area contributed by atoms with Crippen LogP contribution in [0.1, 0.15) is 26.7 Å². The van der Waals surface area contributed by atoms with E-state index >= 15 is 0 Å². The van der Waals surface area contributed by atoms with E-state index < -0.39 is 17.8 Å². The second kappa shape index (κ2) is 6.89. The summed E-state index contributed by atoms with van der Waals surface area (Å²) in [7, 11) is 0. The summed E-state index contributed by atoms with van der Waals surface area (Å²) >= 11 is 1.96. The van der Waals surface area contributed by atoms with Crippen LogP contribution in [-0.4, -0.2) is 35.0 Å². The highest BCUT2D eigenvalue weighted by molar-refractivity contribution is 7.99. The zero-order valence-corrected chi connectivity index (χ0v) is 11.3. The average molecular weight is 259 g/mol. The van der Waals surface area contributed by atoms with E-state index in [0.29, 0.717) is 12.5 Å². The molecule has 17 heavy (non-hydrogen) atoms. The number of carboxylic acid groups (broad SMARTS) is 1. The fourth-order valence-corrected chi connectivity index (χ4v) is 3.00. The summed E-state index contributed by atoms with van der Waals surface area (Å²) in [4.78, 5) is 22.5. The normalized spacial score (nSPS) is 20.6. The highest BCUT2D eigenvalue weighted by atomic mass is 32.2. The molecular weight excluding hydrogens is 238 g/mol. The zero-order valence-electron chi connectivity index (χ0n) is 10.4. The van der Waals surface area contributed by atoms with Crippen molar-refractivity contribution in [3.05, 3.63) is 0 Å². The van der Waals surface area contributed by atoms with Crippen LogP contribution >= 0.6 is 11.8 Å². The van der Waals surface area contributed by atoms with Crippen molar-refractivity contribution in [1.29, 1.82) is 0 Å². The van der Waals surface area contributed by atoms with Gasteiger partial charge in [0.1, 0.15) is 0 Å². The van der Waals surface area contributed by atoms with Gasteiger partial charge >= 0.3 is 5.97 Å². The van der Waals surface area contributed by atoms with Crippen LogP contribution in [-0.2, 0) is 9.59 Å². The van der Waals surface area contributed by atoms with Crippen molar-refractivity contribution in [3.63, 3.8) is 0 Å². The molecule has 0 saturated carbocycles. The second-order valence-corrected chi connectivity index (χ2v) is 5.94. The van der Waals surface area contributed by atoms with Gasteiger partial charge in [0, 0.05) is 12.5 Å². The fraction of sp³-hybridized carbons (Fsp3) is 0.833. The van der Waals surface area contributed by atoms with Gasteiger partial charge in [-0.25, -0.2) is 0 Å². The van der Waals surface area contributed by atoms with Crippen molar-refractivity contribution in [3.8, 4) is 0 Å². The predicted molar refractivity (Wildman–Crippen MR) is 69.0 cm³/mol. The van der Waals surface area contributed by atoms with E-state index in [4.69, 9.17) is 5.11 Å². The van der Waals surface area contributed by atoms with Gasteiger partial charge in [0.05, 0.1) is 5.92 Å².